The summed E-state index contributed by atoms with van der Waals surface area (Å²) in [5.74, 6) is -1.11. The van der Waals surface area contributed by atoms with Gasteiger partial charge in [-0.2, -0.15) is 9.97 Å². The molecule has 0 bridgehead atoms. The molecule has 1 saturated heterocycles. The van der Waals surface area contributed by atoms with Crippen molar-refractivity contribution in [2.24, 2.45) is 0 Å². The number of methoxy groups -OCH3 is 1. The molecule has 3 rings (SSSR count). The molecule has 2 aromatic rings. The number of aromatic nitrogens is 4. The number of aliphatic hydroxyl groups excluding tert-OH is 1. The molecule has 4 atom stereocenters. The van der Waals surface area contributed by atoms with Gasteiger partial charge < -0.3 is 29.8 Å². The zero-order valence-corrected chi connectivity index (χ0v) is 14.9. The van der Waals surface area contributed by atoms with Gasteiger partial charge in [0.1, 0.15) is 6.10 Å². The number of hydrogen-bond donors (Lipinski definition) is 2. The fraction of sp³-hybridized carbons (Fsp3) is 0.533. The van der Waals surface area contributed by atoms with Gasteiger partial charge in [0.2, 0.25) is 11.8 Å². The van der Waals surface area contributed by atoms with E-state index >= 15 is 0 Å². The number of carbonyl (C=O) groups is 2. The van der Waals surface area contributed by atoms with Crippen molar-refractivity contribution in [1.29, 1.82) is 0 Å². The molecule has 0 spiro atoms. The van der Waals surface area contributed by atoms with Crippen LogP contribution in [-0.4, -0.2) is 68.6 Å². The number of nitrogen functional groups attached to an aromatic ring is 1. The molecule has 0 aromatic carbocycles. The quantitative estimate of drug-likeness (QED) is 0.622. The van der Waals surface area contributed by atoms with Gasteiger partial charge in [0, 0.05) is 13.8 Å². The Hall–Kier alpha value is -2.99. The van der Waals surface area contributed by atoms with Gasteiger partial charge in [0.15, 0.2) is 29.6 Å². The second kappa shape index (κ2) is 7.32. The molecule has 1 fully saturated rings. The molecule has 27 heavy (non-hydrogen) atoms. The zero-order valence-electron chi connectivity index (χ0n) is 14.9. The highest BCUT2D eigenvalue weighted by Gasteiger charge is 2.50. The molecular weight excluding hydrogens is 362 g/mol. The lowest BCUT2D eigenvalue weighted by Crippen LogP contribution is -2.40. The van der Waals surface area contributed by atoms with Gasteiger partial charge >= 0.3 is 11.9 Å². The molecule has 1 aliphatic heterocycles. The maximum Gasteiger partial charge on any atom is 0.303 e. The third kappa shape index (κ3) is 3.48. The van der Waals surface area contributed by atoms with Crippen molar-refractivity contribution in [2.45, 2.75) is 38.4 Å². The lowest BCUT2D eigenvalue weighted by Gasteiger charge is -2.23. The Morgan fingerprint density at radius 2 is 1.93 bits per heavy atom. The minimum absolute atomic E-state index is 0.0571. The van der Waals surface area contributed by atoms with E-state index < -0.39 is 43.1 Å². The molecule has 0 radical (unpaired) electrons. The number of hydrogen-bond acceptors (Lipinski definition) is 11. The minimum Gasteiger partial charge on any atom is -0.479 e. The monoisotopic (exact) mass is 381 g/mol. The van der Waals surface area contributed by atoms with Crippen molar-refractivity contribution in [2.75, 3.05) is 19.5 Å². The van der Waals surface area contributed by atoms with E-state index in [1.807, 2.05) is 0 Å². The molecule has 12 nitrogen and oxygen atoms in total. The molecule has 1 unspecified atom stereocenters. The molecule has 1 aliphatic rings. The van der Waals surface area contributed by atoms with Crippen LogP contribution in [0.15, 0.2) is 6.33 Å². The Labute approximate surface area is 153 Å². The standard InChI is InChI=1S/C15H19N5O7/c1-6(22)25-10-8(4-21)27-14(11(10)26-7(2)23)20-5-17-9-12(20)18-15(16)19-13(9)24-3/h5,8,10-11,14,21H,4H2,1-3H3,(H2,16,18,19)/t8-,10-,11+,14?/m1/s1. The number of carbonyl (C=O) groups excluding carboxylic acids is 2. The van der Waals surface area contributed by atoms with Crippen LogP contribution in [0.4, 0.5) is 5.95 Å². The molecule has 0 aliphatic carbocycles. The minimum atomic E-state index is -1.04. The third-order valence-corrected chi connectivity index (χ3v) is 3.94. The fourth-order valence-electron chi connectivity index (χ4n) is 2.97. The molecule has 12 heteroatoms. The highest BCUT2D eigenvalue weighted by atomic mass is 16.6. The lowest BCUT2D eigenvalue weighted by atomic mass is 10.1. The first-order valence-corrected chi connectivity index (χ1v) is 8.00. The number of ether oxygens (including phenoxy) is 4. The zero-order chi connectivity index (χ0) is 19.7. The Morgan fingerprint density at radius 3 is 2.52 bits per heavy atom. The van der Waals surface area contributed by atoms with Crippen LogP contribution in [0.2, 0.25) is 0 Å². The van der Waals surface area contributed by atoms with Crippen molar-refractivity contribution in [3.05, 3.63) is 6.33 Å². The largest absolute Gasteiger partial charge is 0.479 e. The Balaban J connectivity index is 2.08. The summed E-state index contributed by atoms with van der Waals surface area (Å²) in [6.45, 7) is 1.96. The summed E-state index contributed by atoms with van der Waals surface area (Å²) < 4.78 is 22.9. The molecule has 3 N–H and O–H groups in total. The topological polar surface area (TPSA) is 161 Å². The molecular formula is C15H19N5O7. The van der Waals surface area contributed by atoms with Crippen LogP contribution in [-0.2, 0) is 23.8 Å². The second-order valence-corrected chi connectivity index (χ2v) is 5.81. The summed E-state index contributed by atoms with van der Waals surface area (Å²) >= 11 is 0. The average molecular weight is 381 g/mol. The summed E-state index contributed by atoms with van der Waals surface area (Å²) in [5, 5.41) is 9.61. The summed E-state index contributed by atoms with van der Waals surface area (Å²) in [7, 11) is 1.41. The number of esters is 2. The fourth-order valence-corrected chi connectivity index (χ4v) is 2.97. The van der Waals surface area contributed by atoms with E-state index in [1.165, 1.54) is 31.9 Å². The van der Waals surface area contributed by atoms with Crippen LogP contribution in [0.25, 0.3) is 11.2 Å². The number of fused-ring (bicyclic) bond motifs is 1. The molecule has 0 saturated carbocycles. The Kier molecular flexibility index (Phi) is 5.10. The summed E-state index contributed by atoms with van der Waals surface area (Å²) in [4.78, 5) is 35.3. The van der Waals surface area contributed by atoms with Crippen LogP contribution in [0.1, 0.15) is 20.1 Å². The Bertz CT molecular complexity index is 870. The van der Waals surface area contributed by atoms with Crippen molar-refractivity contribution in [1.82, 2.24) is 19.5 Å². The van der Waals surface area contributed by atoms with E-state index in [1.54, 1.807) is 0 Å². The Morgan fingerprint density at radius 1 is 1.26 bits per heavy atom. The van der Waals surface area contributed by atoms with Crippen molar-refractivity contribution in [3.63, 3.8) is 0 Å². The van der Waals surface area contributed by atoms with Crippen LogP contribution in [0.3, 0.4) is 0 Å². The highest BCUT2D eigenvalue weighted by molar-refractivity contribution is 5.77. The van der Waals surface area contributed by atoms with E-state index in [0.717, 1.165) is 0 Å². The van der Waals surface area contributed by atoms with Gasteiger partial charge in [-0.25, -0.2) is 4.98 Å². The third-order valence-electron chi connectivity index (χ3n) is 3.94. The SMILES string of the molecule is COc1nc(N)nc2c1ncn2C1O[C@H](CO)[C@@H](OC(C)=O)[C@@H]1OC(C)=O. The highest BCUT2D eigenvalue weighted by Crippen LogP contribution is 2.36. The summed E-state index contributed by atoms with van der Waals surface area (Å²) in [5.41, 5.74) is 6.29. The van der Waals surface area contributed by atoms with Gasteiger partial charge in [0.25, 0.3) is 0 Å². The van der Waals surface area contributed by atoms with E-state index in [2.05, 4.69) is 15.0 Å². The first-order valence-electron chi connectivity index (χ1n) is 8.00. The van der Waals surface area contributed by atoms with Gasteiger partial charge in [0.05, 0.1) is 20.0 Å². The average Bonchev–Trinajstić information content (AvgIpc) is 3.15. The number of nitrogens with zero attached hydrogens (tertiary/aromatic N) is 4. The number of anilines is 1. The van der Waals surface area contributed by atoms with Gasteiger partial charge in [-0.05, 0) is 0 Å². The number of nitrogens with two attached hydrogens (primary N) is 1. The van der Waals surface area contributed by atoms with Crippen molar-refractivity contribution >= 4 is 29.1 Å². The van der Waals surface area contributed by atoms with E-state index in [-0.39, 0.29) is 17.5 Å². The molecule has 146 valence electrons. The number of aliphatic hydroxyl groups is 1. The number of rotatable bonds is 5. The first kappa shape index (κ1) is 18.8. The smallest absolute Gasteiger partial charge is 0.303 e. The first-order chi connectivity index (χ1) is 12.8. The molecule has 3 heterocycles. The maximum absolute atomic E-state index is 11.6. The van der Waals surface area contributed by atoms with Crippen LogP contribution in [0.5, 0.6) is 5.88 Å². The summed E-state index contributed by atoms with van der Waals surface area (Å²) in [6, 6.07) is 0. The molecule has 0 amide bonds. The maximum atomic E-state index is 11.6. The van der Waals surface area contributed by atoms with Gasteiger partial charge in [-0.15, -0.1) is 0 Å². The predicted octanol–water partition coefficient (Wildman–Crippen LogP) is -0.830. The van der Waals surface area contributed by atoms with E-state index in [0.29, 0.717) is 5.52 Å². The molecule has 2 aromatic heterocycles. The predicted molar refractivity (Wildman–Crippen MR) is 88.4 cm³/mol. The van der Waals surface area contributed by atoms with Crippen molar-refractivity contribution in [3.8, 4) is 5.88 Å². The van der Waals surface area contributed by atoms with Crippen LogP contribution >= 0.6 is 0 Å². The number of imidazole rings is 1. The van der Waals surface area contributed by atoms with E-state index in [4.69, 9.17) is 24.7 Å². The van der Waals surface area contributed by atoms with Crippen molar-refractivity contribution < 1.29 is 33.6 Å². The van der Waals surface area contributed by atoms with Crippen LogP contribution in [0, 0.1) is 0 Å². The van der Waals surface area contributed by atoms with Gasteiger partial charge in [-0.3, -0.25) is 14.2 Å². The van der Waals surface area contributed by atoms with Crippen LogP contribution < -0.4 is 10.5 Å². The van der Waals surface area contributed by atoms with Gasteiger partial charge in [-0.1, -0.05) is 0 Å². The van der Waals surface area contributed by atoms with E-state index in [9.17, 15) is 14.7 Å². The second-order valence-electron chi connectivity index (χ2n) is 5.81. The normalized spacial score (nSPS) is 24.7. The summed E-state index contributed by atoms with van der Waals surface area (Å²) in [6.07, 6.45) is -2.56. The lowest BCUT2D eigenvalue weighted by molar-refractivity contribution is -0.165.